The molecular formula is C26H20N2O5. The maximum absolute atomic E-state index is 13.1. The number of carboxylic acid groups (broad SMARTS) is 1. The number of phenolic OH excluding ortho intramolecular Hbond substituents is 1. The van der Waals surface area contributed by atoms with Gasteiger partial charge in [0.15, 0.2) is 0 Å². The summed E-state index contributed by atoms with van der Waals surface area (Å²) in [6, 6.07) is 20.2. The smallest absolute Gasteiger partial charge is 0.337 e. The van der Waals surface area contributed by atoms with Gasteiger partial charge in [-0.3, -0.25) is 9.78 Å². The third-order valence-electron chi connectivity index (χ3n) is 5.15. The number of amides is 1. The van der Waals surface area contributed by atoms with Crippen LogP contribution in [0.3, 0.4) is 0 Å². The summed E-state index contributed by atoms with van der Waals surface area (Å²) in [6.07, 6.45) is 3.28. The van der Waals surface area contributed by atoms with Gasteiger partial charge in [-0.1, -0.05) is 36.4 Å². The average molecular weight is 440 g/mol. The molecule has 0 aliphatic carbocycles. The maximum Gasteiger partial charge on any atom is 0.337 e. The Labute approximate surface area is 189 Å². The van der Waals surface area contributed by atoms with Crippen molar-refractivity contribution in [3.8, 4) is 33.8 Å². The number of carboxylic acids is 1. The molecule has 1 amide bonds. The molecule has 3 aromatic carbocycles. The molecule has 0 saturated heterocycles. The number of hydrogen-bond donors (Lipinski definition) is 3. The van der Waals surface area contributed by atoms with Gasteiger partial charge in [-0.2, -0.15) is 0 Å². The number of anilines is 1. The van der Waals surface area contributed by atoms with Gasteiger partial charge < -0.3 is 20.3 Å². The lowest BCUT2D eigenvalue weighted by Gasteiger charge is -2.14. The molecule has 0 fully saturated rings. The minimum Gasteiger partial charge on any atom is -0.507 e. The molecule has 0 atom stereocenters. The third-order valence-corrected chi connectivity index (χ3v) is 5.15. The van der Waals surface area contributed by atoms with Gasteiger partial charge in [0.25, 0.3) is 5.91 Å². The Bertz CT molecular complexity index is 1340. The first kappa shape index (κ1) is 21.6. The van der Waals surface area contributed by atoms with Crippen molar-refractivity contribution < 1.29 is 24.5 Å². The Balaban J connectivity index is 1.73. The lowest BCUT2D eigenvalue weighted by molar-refractivity contribution is 0.0698. The summed E-state index contributed by atoms with van der Waals surface area (Å²) < 4.78 is 5.40. The number of rotatable bonds is 6. The predicted molar refractivity (Wildman–Crippen MR) is 125 cm³/mol. The molecule has 7 nitrogen and oxygen atoms in total. The molecular weight excluding hydrogens is 420 g/mol. The molecule has 4 rings (SSSR count). The van der Waals surface area contributed by atoms with Gasteiger partial charge >= 0.3 is 5.97 Å². The number of nitrogens with zero attached hydrogens (tertiary/aromatic N) is 1. The molecule has 0 unspecified atom stereocenters. The molecule has 7 heteroatoms. The van der Waals surface area contributed by atoms with Crippen LogP contribution in [0.25, 0.3) is 22.3 Å². The fraction of sp³-hybridized carbons (Fsp3) is 0.0385. The van der Waals surface area contributed by atoms with Crippen LogP contribution in [0.5, 0.6) is 11.5 Å². The van der Waals surface area contributed by atoms with E-state index in [-0.39, 0.29) is 22.6 Å². The lowest BCUT2D eigenvalue weighted by atomic mass is 10.0. The van der Waals surface area contributed by atoms with E-state index >= 15 is 0 Å². The van der Waals surface area contributed by atoms with Crippen molar-refractivity contribution in [2.24, 2.45) is 0 Å². The van der Waals surface area contributed by atoms with Crippen molar-refractivity contribution in [1.29, 1.82) is 0 Å². The Hall–Kier alpha value is -4.65. The number of carbonyl (C=O) groups is 2. The first-order chi connectivity index (χ1) is 16.0. The Morgan fingerprint density at radius 1 is 0.879 bits per heavy atom. The van der Waals surface area contributed by atoms with Crippen LogP contribution in [-0.2, 0) is 0 Å². The van der Waals surface area contributed by atoms with Crippen molar-refractivity contribution in [3.63, 3.8) is 0 Å². The van der Waals surface area contributed by atoms with E-state index in [1.54, 1.807) is 49.8 Å². The molecule has 1 aromatic heterocycles. The number of hydrogen-bond acceptors (Lipinski definition) is 5. The monoisotopic (exact) mass is 440 g/mol. The molecule has 1 heterocycles. The van der Waals surface area contributed by atoms with E-state index < -0.39 is 11.9 Å². The predicted octanol–water partition coefficient (Wildman–Crippen LogP) is 5.08. The van der Waals surface area contributed by atoms with Crippen LogP contribution in [-0.4, -0.2) is 34.2 Å². The molecule has 4 aromatic rings. The number of methoxy groups -OCH3 is 1. The SMILES string of the molecule is COc1ccccc1-c1ccc(C(=O)O)c(NC(=O)c2cc(-c3cccnc3)ccc2O)c1. The number of benzene rings is 3. The zero-order valence-corrected chi connectivity index (χ0v) is 17.6. The van der Waals surface area contributed by atoms with E-state index in [4.69, 9.17) is 4.74 Å². The zero-order chi connectivity index (χ0) is 23.4. The summed E-state index contributed by atoms with van der Waals surface area (Å²) in [4.78, 5) is 28.9. The summed E-state index contributed by atoms with van der Waals surface area (Å²) in [7, 11) is 1.55. The van der Waals surface area contributed by atoms with Gasteiger partial charge in [0.05, 0.1) is 23.9 Å². The standard InChI is InChI=1S/C26H20N2O5/c1-33-24-7-3-2-6-19(24)17-8-10-20(26(31)32)22(14-17)28-25(30)21-13-16(9-11-23(21)29)18-5-4-12-27-15-18/h2-15,29H,1H3,(H,28,30)(H,31,32). The van der Waals surface area contributed by atoms with Crippen LogP contribution in [0.2, 0.25) is 0 Å². The van der Waals surface area contributed by atoms with E-state index in [0.717, 1.165) is 11.1 Å². The van der Waals surface area contributed by atoms with E-state index in [0.29, 0.717) is 16.9 Å². The number of aromatic hydroxyl groups is 1. The van der Waals surface area contributed by atoms with Crippen molar-refractivity contribution in [2.45, 2.75) is 0 Å². The molecule has 0 radical (unpaired) electrons. The van der Waals surface area contributed by atoms with Gasteiger partial charge in [0.1, 0.15) is 11.5 Å². The lowest BCUT2D eigenvalue weighted by Crippen LogP contribution is -2.15. The minimum atomic E-state index is -1.19. The second-order valence-electron chi connectivity index (χ2n) is 7.19. The molecule has 0 aliphatic heterocycles. The summed E-state index contributed by atoms with van der Waals surface area (Å²) in [6.45, 7) is 0. The van der Waals surface area contributed by atoms with Gasteiger partial charge in [-0.05, 0) is 47.5 Å². The van der Waals surface area contributed by atoms with Gasteiger partial charge in [0.2, 0.25) is 0 Å². The number of pyridine rings is 1. The molecule has 0 saturated carbocycles. The first-order valence-electron chi connectivity index (χ1n) is 10.0. The van der Waals surface area contributed by atoms with Crippen LogP contribution in [0.1, 0.15) is 20.7 Å². The van der Waals surface area contributed by atoms with E-state index in [1.165, 1.54) is 18.2 Å². The molecule has 0 aliphatic rings. The van der Waals surface area contributed by atoms with E-state index in [2.05, 4.69) is 10.3 Å². The van der Waals surface area contributed by atoms with Crippen LogP contribution in [0, 0.1) is 0 Å². The highest BCUT2D eigenvalue weighted by Gasteiger charge is 2.18. The Morgan fingerprint density at radius 3 is 2.39 bits per heavy atom. The van der Waals surface area contributed by atoms with E-state index in [9.17, 15) is 19.8 Å². The minimum absolute atomic E-state index is 0.00962. The van der Waals surface area contributed by atoms with Crippen LogP contribution in [0.15, 0.2) is 85.2 Å². The maximum atomic E-state index is 13.1. The van der Waals surface area contributed by atoms with Crippen molar-refractivity contribution in [2.75, 3.05) is 12.4 Å². The first-order valence-corrected chi connectivity index (χ1v) is 10.0. The van der Waals surface area contributed by atoms with Gasteiger partial charge in [-0.15, -0.1) is 0 Å². The van der Waals surface area contributed by atoms with Crippen molar-refractivity contribution in [3.05, 3.63) is 96.3 Å². The summed E-state index contributed by atoms with van der Waals surface area (Å²) in [5.74, 6) is -1.44. The topological polar surface area (TPSA) is 109 Å². The number of carbonyl (C=O) groups excluding carboxylic acids is 1. The zero-order valence-electron chi connectivity index (χ0n) is 17.6. The average Bonchev–Trinajstić information content (AvgIpc) is 2.84. The molecule has 0 bridgehead atoms. The molecule has 0 spiro atoms. The fourth-order valence-corrected chi connectivity index (χ4v) is 3.51. The van der Waals surface area contributed by atoms with Crippen molar-refractivity contribution >= 4 is 17.6 Å². The van der Waals surface area contributed by atoms with Crippen LogP contribution >= 0.6 is 0 Å². The number of ether oxygens (including phenoxy) is 1. The summed E-state index contributed by atoms with van der Waals surface area (Å²) in [5, 5.41) is 22.6. The number of aromatic nitrogens is 1. The number of para-hydroxylation sites is 1. The van der Waals surface area contributed by atoms with Gasteiger partial charge in [-0.25, -0.2) is 4.79 Å². The summed E-state index contributed by atoms with van der Waals surface area (Å²) >= 11 is 0. The third kappa shape index (κ3) is 4.52. The number of phenols is 1. The number of aromatic carboxylic acids is 1. The molecule has 33 heavy (non-hydrogen) atoms. The fourth-order valence-electron chi connectivity index (χ4n) is 3.51. The normalized spacial score (nSPS) is 10.5. The largest absolute Gasteiger partial charge is 0.507 e. The van der Waals surface area contributed by atoms with E-state index in [1.807, 2.05) is 24.3 Å². The quantitative estimate of drug-likeness (QED) is 0.386. The molecule has 3 N–H and O–H groups in total. The highest BCUT2D eigenvalue weighted by Crippen LogP contribution is 2.33. The van der Waals surface area contributed by atoms with Crippen LogP contribution < -0.4 is 10.1 Å². The number of nitrogens with one attached hydrogen (secondary N) is 1. The Morgan fingerprint density at radius 2 is 1.67 bits per heavy atom. The summed E-state index contributed by atoms with van der Waals surface area (Å²) in [5.41, 5.74) is 2.90. The highest BCUT2D eigenvalue weighted by molar-refractivity contribution is 6.10. The van der Waals surface area contributed by atoms with Gasteiger partial charge in [0, 0.05) is 23.5 Å². The second-order valence-corrected chi connectivity index (χ2v) is 7.19. The molecule has 164 valence electrons. The second kappa shape index (κ2) is 9.23. The van der Waals surface area contributed by atoms with Crippen molar-refractivity contribution in [1.82, 2.24) is 4.98 Å². The van der Waals surface area contributed by atoms with Crippen LogP contribution in [0.4, 0.5) is 5.69 Å². The highest BCUT2D eigenvalue weighted by atomic mass is 16.5. The Kier molecular flexibility index (Phi) is 6.04.